The minimum Gasteiger partial charge on any atom is -0.477 e. The molecular formula is C14H20N2O4. The van der Waals surface area contributed by atoms with Gasteiger partial charge in [-0.15, -0.1) is 0 Å². The van der Waals surface area contributed by atoms with Crippen molar-refractivity contribution < 1.29 is 19.8 Å². The summed E-state index contributed by atoms with van der Waals surface area (Å²) in [4.78, 5) is 25.2. The number of carbonyl (C=O) groups excluding carboxylic acids is 1. The van der Waals surface area contributed by atoms with Crippen LogP contribution in [0.25, 0.3) is 0 Å². The maximum Gasteiger partial charge on any atom is 0.352 e. The molecule has 1 saturated heterocycles. The molecule has 2 heterocycles. The number of hydrogen-bond donors (Lipinski definition) is 3. The molecule has 0 aromatic heterocycles. The van der Waals surface area contributed by atoms with Crippen LogP contribution < -0.4 is 5.32 Å². The lowest BCUT2D eigenvalue weighted by molar-refractivity contribution is -0.163. The van der Waals surface area contributed by atoms with Crippen molar-refractivity contribution in [3.63, 3.8) is 0 Å². The lowest BCUT2D eigenvalue weighted by Gasteiger charge is -2.47. The molecule has 20 heavy (non-hydrogen) atoms. The number of nitrogens with one attached hydrogen (secondary N) is 1. The van der Waals surface area contributed by atoms with Crippen LogP contribution in [0, 0.1) is 11.8 Å². The Hall–Kier alpha value is -1.40. The van der Waals surface area contributed by atoms with E-state index in [2.05, 4.69) is 5.32 Å². The molecule has 0 spiro atoms. The maximum absolute atomic E-state index is 12.2. The van der Waals surface area contributed by atoms with Gasteiger partial charge in [-0.25, -0.2) is 4.79 Å². The van der Waals surface area contributed by atoms with Crippen LogP contribution in [0.2, 0.25) is 0 Å². The second kappa shape index (κ2) is 4.56. The number of nitrogens with zero attached hydrogens (tertiary/aromatic N) is 1. The Bertz CT molecular complexity index is 499. The van der Waals surface area contributed by atoms with E-state index < -0.39 is 18.0 Å². The zero-order valence-corrected chi connectivity index (χ0v) is 11.7. The van der Waals surface area contributed by atoms with Gasteiger partial charge >= 0.3 is 5.97 Å². The largest absolute Gasteiger partial charge is 0.477 e. The molecule has 0 radical (unpaired) electrons. The third-order valence-electron chi connectivity index (χ3n) is 4.97. The summed E-state index contributed by atoms with van der Waals surface area (Å²) < 4.78 is 0. The quantitative estimate of drug-likeness (QED) is 0.630. The Morgan fingerprint density at radius 1 is 1.45 bits per heavy atom. The third kappa shape index (κ3) is 1.58. The van der Waals surface area contributed by atoms with Gasteiger partial charge in [-0.1, -0.05) is 6.42 Å². The Balaban J connectivity index is 2.04. The van der Waals surface area contributed by atoms with Crippen molar-refractivity contribution in [2.75, 3.05) is 7.05 Å². The number of carbonyl (C=O) groups is 2. The first kappa shape index (κ1) is 13.6. The van der Waals surface area contributed by atoms with Gasteiger partial charge in [-0.05, 0) is 32.4 Å². The van der Waals surface area contributed by atoms with Crippen LogP contribution in [0.15, 0.2) is 11.3 Å². The van der Waals surface area contributed by atoms with Crippen molar-refractivity contribution in [1.29, 1.82) is 0 Å². The lowest BCUT2D eigenvalue weighted by atomic mass is 9.71. The molecule has 0 aromatic rings. The average Bonchev–Trinajstić information content (AvgIpc) is 2.69. The lowest BCUT2D eigenvalue weighted by Crippen LogP contribution is -2.64. The number of carboxylic acid groups (broad SMARTS) is 1. The molecule has 0 unspecified atom stereocenters. The summed E-state index contributed by atoms with van der Waals surface area (Å²) in [5.41, 5.74) is 1.01. The van der Waals surface area contributed by atoms with E-state index in [9.17, 15) is 19.8 Å². The summed E-state index contributed by atoms with van der Waals surface area (Å²) in [5.74, 6) is -1.67. The van der Waals surface area contributed by atoms with E-state index in [-0.39, 0.29) is 29.6 Å². The molecule has 3 rings (SSSR count). The topological polar surface area (TPSA) is 89.9 Å². The smallest absolute Gasteiger partial charge is 0.352 e. The summed E-state index contributed by atoms with van der Waals surface area (Å²) in [5, 5.41) is 22.5. The Kier molecular flexibility index (Phi) is 3.10. The molecule has 6 nitrogen and oxygen atoms in total. The van der Waals surface area contributed by atoms with Gasteiger partial charge in [0.15, 0.2) is 0 Å². The fourth-order valence-electron chi connectivity index (χ4n) is 4.19. The molecule has 1 saturated carbocycles. The fourth-order valence-corrected chi connectivity index (χ4v) is 4.19. The summed E-state index contributed by atoms with van der Waals surface area (Å²) >= 11 is 0. The number of amides is 1. The number of fused-ring (bicyclic) bond motifs is 3. The first-order valence-corrected chi connectivity index (χ1v) is 7.14. The predicted molar refractivity (Wildman–Crippen MR) is 70.7 cm³/mol. The molecule has 1 amide bonds. The van der Waals surface area contributed by atoms with Gasteiger partial charge in [0, 0.05) is 12.0 Å². The molecule has 5 atom stereocenters. The molecule has 3 aliphatic rings. The number of rotatable bonds is 3. The highest BCUT2D eigenvalue weighted by atomic mass is 16.4. The van der Waals surface area contributed by atoms with Crippen molar-refractivity contribution in [3.8, 4) is 0 Å². The second-order valence-corrected chi connectivity index (χ2v) is 5.95. The van der Waals surface area contributed by atoms with Gasteiger partial charge in [-0.2, -0.15) is 0 Å². The zero-order chi connectivity index (χ0) is 14.6. The summed E-state index contributed by atoms with van der Waals surface area (Å²) in [7, 11) is 1.82. The van der Waals surface area contributed by atoms with Gasteiger partial charge in [-0.3, -0.25) is 4.79 Å². The fraction of sp³-hybridized carbons (Fsp3) is 0.714. The number of β-lactam (4-membered cyclic amide) rings is 1. The molecule has 2 aliphatic heterocycles. The Morgan fingerprint density at radius 2 is 2.15 bits per heavy atom. The molecule has 0 aromatic carbocycles. The van der Waals surface area contributed by atoms with Crippen LogP contribution in [0.5, 0.6) is 0 Å². The first-order chi connectivity index (χ1) is 9.49. The maximum atomic E-state index is 12.2. The van der Waals surface area contributed by atoms with Crippen LogP contribution in [-0.2, 0) is 9.59 Å². The summed E-state index contributed by atoms with van der Waals surface area (Å²) in [6.45, 7) is 1.61. The number of carboxylic acids is 1. The monoisotopic (exact) mass is 280 g/mol. The van der Waals surface area contributed by atoms with E-state index in [0.29, 0.717) is 0 Å². The predicted octanol–water partition coefficient (Wildman–Crippen LogP) is -0.0654. The van der Waals surface area contributed by atoms with Crippen LogP contribution in [0.1, 0.15) is 26.2 Å². The van der Waals surface area contributed by atoms with Crippen molar-refractivity contribution in [3.05, 3.63) is 11.3 Å². The van der Waals surface area contributed by atoms with E-state index >= 15 is 0 Å². The molecule has 3 N–H and O–H groups in total. The van der Waals surface area contributed by atoms with Gasteiger partial charge in [0.1, 0.15) is 5.70 Å². The SMILES string of the molecule is CN[C@H]1CCC[C@H]2C1=C(C(=O)O)N1C(=O)[C@H]([C@@H](C)O)[C@@H]21. The highest BCUT2D eigenvalue weighted by Gasteiger charge is 2.62. The average molecular weight is 280 g/mol. The molecule has 2 fully saturated rings. The molecular weight excluding hydrogens is 260 g/mol. The van der Waals surface area contributed by atoms with Gasteiger partial charge in [0.25, 0.3) is 0 Å². The van der Waals surface area contributed by atoms with Crippen molar-refractivity contribution >= 4 is 11.9 Å². The highest BCUT2D eigenvalue weighted by Crippen LogP contribution is 2.51. The Labute approximate surface area is 117 Å². The van der Waals surface area contributed by atoms with Gasteiger partial charge < -0.3 is 20.4 Å². The van der Waals surface area contributed by atoms with E-state index in [4.69, 9.17) is 0 Å². The Morgan fingerprint density at radius 3 is 2.70 bits per heavy atom. The van der Waals surface area contributed by atoms with Crippen molar-refractivity contribution in [2.24, 2.45) is 11.8 Å². The standard InChI is InChI=1S/C14H20N2O4/c1-6(17)9-11-7-4-3-5-8(15-2)10(7)12(14(19)20)16(11)13(9)18/h6-9,11,15,17H,3-5H2,1-2H3,(H,19,20)/t6-,7+,8+,9-,11-/m1/s1. The molecule has 1 aliphatic carbocycles. The van der Waals surface area contributed by atoms with Crippen molar-refractivity contribution in [2.45, 2.75) is 44.4 Å². The van der Waals surface area contributed by atoms with E-state index in [1.54, 1.807) is 6.92 Å². The summed E-state index contributed by atoms with van der Waals surface area (Å²) in [6.07, 6.45) is 2.07. The number of hydrogen-bond acceptors (Lipinski definition) is 4. The first-order valence-electron chi connectivity index (χ1n) is 7.14. The number of aliphatic hydroxyl groups is 1. The van der Waals surface area contributed by atoms with E-state index in [0.717, 1.165) is 24.8 Å². The van der Waals surface area contributed by atoms with Crippen molar-refractivity contribution in [1.82, 2.24) is 10.2 Å². The second-order valence-electron chi connectivity index (χ2n) is 5.95. The van der Waals surface area contributed by atoms with Gasteiger partial charge in [0.05, 0.1) is 18.1 Å². The van der Waals surface area contributed by atoms with Crippen LogP contribution >= 0.6 is 0 Å². The minimum absolute atomic E-state index is 0.0212. The number of likely N-dealkylation sites (N-methyl/N-ethyl adjacent to an activating group) is 1. The van der Waals surface area contributed by atoms with Gasteiger partial charge in [0.2, 0.25) is 5.91 Å². The molecule has 6 heteroatoms. The van der Waals surface area contributed by atoms with Crippen LogP contribution in [0.4, 0.5) is 0 Å². The minimum atomic E-state index is -1.04. The molecule has 0 bridgehead atoms. The van der Waals surface area contributed by atoms with Crippen LogP contribution in [0.3, 0.4) is 0 Å². The third-order valence-corrected chi connectivity index (χ3v) is 4.97. The van der Waals surface area contributed by atoms with E-state index in [1.165, 1.54) is 4.90 Å². The normalized spacial score (nSPS) is 37.4. The van der Waals surface area contributed by atoms with E-state index in [1.807, 2.05) is 7.05 Å². The zero-order valence-electron chi connectivity index (χ0n) is 11.7. The number of aliphatic carboxylic acids is 1. The highest BCUT2D eigenvalue weighted by molar-refractivity contribution is 6.00. The van der Waals surface area contributed by atoms with Crippen LogP contribution in [-0.4, -0.2) is 52.2 Å². The summed E-state index contributed by atoms with van der Waals surface area (Å²) in [6, 6.07) is -0.146. The molecule has 110 valence electrons. The number of aliphatic hydroxyl groups excluding tert-OH is 1.